The summed E-state index contributed by atoms with van der Waals surface area (Å²) in [4.78, 5) is 6.66. The molecule has 0 spiro atoms. The zero-order valence-electron chi connectivity index (χ0n) is 14.6. The van der Waals surface area contributed by atoms with E-state index in [2.05, 4.69) is 48.2 Å². The van der Waals surface area contributed by atoms with Crippen LogP contribution in [0.2, 0.25) is 0 Å². The Balaban J connectivity index is 3.80. The van der Waals surface area contributed by atoms with Crippen LogP contribution < -0.4 is 10.6 Å². The molecule has 0 aliphatic rings. The van der Waals surface area contributed by atoms with Crippen molar-refractivity contribution in [1.82, 2.24) is 15.5 Å². The lowest BCUT2D eigenvalue weighted by molar-refractivity contribution is 0.0733. The first-order chi connectivity index (χ1) is 10.0. The molecule has 0 bridgehead atoms. The van der Waals surface area contributed by atoms with Crippen molar-refractivity contribution < 1.29 is 9.47 Å². The van der Waals surface area contributed by atoms with Crippen molar-refractivity contribution in [3.05, 3.63) is 0 Å². The predicted octanol–water partition coefficient (Wildman–Crippen LogP) is 0.933. The van der Waals surface area contributed by atoms with Crippen LogP contribution in [0.4, 0.5) is 0 Å². The van der Waals surface area contributed by atoms with Crippen LogP contribution in [0.15, 0.2) is 4.99 Å². The fourth-order valence-electron chi connectivity index (χ4n) is 2.12. The average molecular weight is 302 g/mol. The van der Waals surface area contributed by atoms with Gasteiger partial charge in [0, 0.05) is 45.9 Å². The molecule has 0 aliphatic carbocycles. The predicted molar refractivity (Wildman–Crippen MR) is 89.0 cm³/mol. The van der Waals surface area contributed by atoms with E-state index in [0.717, 1.165) is 25.6 Å². The lowest BCUT2D eigenvalue weighted by Crippen LogP contribution is -2.45. The van der Waals surface area contributed by atoms with Gasteiger partial charge in [0.2, 0.25) is 0 Å². The monoisotopic (exact) mass is 302 g/mol. The van der Waals surface area contributed by atoms with E-state index in [0.29, 0.717) is 31.9 Å². The molecule has 0 amide bonds. The van der Waals surface area contributed by atoms with Crippen molar-refractivity contribution in [2.75, 3.05) is 53.6 Å². The molecular weight excluding hydrogens is 268 g/mol. The first kappa shape index (κ1) is 20.1. The van der Waals surface area contributed by atoms with Gasteiger partial charge >= 0.3 is 0 Å². The highest BCUT2D eigenvalue weighted by Crippen LogP contribution is 2.03. The highest BCUT2D eigenvalue weighted by atomic mass is 16.5. The SMILES string of the molecule is CN=C(NCCOCCOC)NCCN(C(C)C)C(C)C. The van der Waals surface area contributed by atoms with E-state index in [1.54, 1.807) is 14.2 Å². The highest BCUT2D eigenvalue weighted by Gasteiger charge is 2.12. The molecule has 6 heteroatoms. The normalized spacial score (nSPS) is 12.5. The smallest absolute Gasteiger partial charge is 0.191 e. The van der Waals surface area contributed by atoms with Gasteiger partial charge in [-0.05, 0) is 27.7 Å². The van der Waals surface area contributed by atoms with Gasteiger partial charge in [0.05, 0.1) is 19.8 Å². The summed E-state index contributed by atoms with van der Waals surface area (Å²) in [5.41, 5.74) is 0. The Kier molecular flexibility index (Phi) is 12.3. The summed E-state index contributed by atoms with van der Waals surface area (Å²) in [5.74, 6) is 0.817. The van der Waals surface area contributed by atoms with Crippen molar-refractivity contribution in [2.24, 2.45) is 4.99 Å². The van der Waals surface area contributed by atoms with Gasteiger partial charge in [0.1, 0.15) is 0 Å². The Morgan fingerprint density at radius 2 is 1.62 bits per heavy atom. The first-order valence-corrected chi connectivity index (χ1v) is 7.79. The van der Waals surface area contributed by atoms with Gasteiger partial charge < -0.3 is 20.1 Å². The van der Waals surface area contributed by atoms with Crippen molar-refractivity contribution in [1.29, 1.82) is 0 Å². The lowest BCUT2D eigenvalue weighted by atomic mass is 10.2. The number of aliphatic imine (C=N–C) groups is 1. The molecule has 0 heterocycles. The fourth-order valence-corrected chi connectivity index (χ4v) is 2.12. The lowest BCUT2D eigenvalue weighted by Gasteiger charge is -2.30. The molecule has 0 aliphatic heterocycles. The highest BCUT2D eigenvalue weighted by molar-refractivity contribution is 5.79. The summed E-state index contributed by atoms with van der Waals surface area (Å²) in [6.45, 7) is 13.4. The van der Waals surface area contributed by atoms with Gasteiger partial charge in [0.15, 0.2) is 5.96 Å². The molecular formula is C15H34N4O2. The molecule has 0 atom stereocenters. The summed E-state index contributed by atoms with van der Waals surface area (Å²) >= 11 is 0. The van der Waals surface area contributed by atoms with Crippen molar-refractivity contribution in [3.63, 3.8) is 0 Å². The summed E-state index contributed by atoms with van der Waals surface area (Å²) in [5, 5.41) is 6.56. The number of hydrogen-bond acceptors (Lipinski definition) is 4. The number of guanidine groups is 1. The van der Waals surface area contributed by atoms with Crippen LogP contribution in [-0.2, 0) is 9.47 Å². The Morgan fingerprint density at radius 1 is 1.00 bits per heavy atom. The van der Waals surface area contributed by atoms with Crippen LogP contribution in [0.1, 0.15) is 27.7 Å². The zero-order valence-corrected chi connectivity index (χ0v) is 14.6. The van der Waals surface area contributed by atoms with E-state index >= 15 is 0 Å². The summed E-state index contributed by atoms with van der Waals surface area (Å²) < 4.78 is 10.3. The second-order valence-electron chi connectivity index (χ2n) is 5.46. The second-order valence-corrected chi connectivity index (χ2v) is 5.46. The second kappa shape index (κ2) is 12.9. The molecule has 0 aromatic carbocycles. The molecule has 0 aromatic rings. The van der Waals surface area contributed by atoms with Crippen molar-refractivity contribution in [2.45, 2.75) is 39.8 Å². The number of nitrogens with one attached hydrogen (secondary N) is 2. The van der Waals surface area contributed by atoms with Gasteiger partial charge in [-0.1, -0.05) is 0 Å². The molecule has 126 valence electrons. The number of rotatable bonds is 11. The van der Waals surface area contributed by atoms with Crippen LogP contribution in [0.5, 0.6) is 0 Å². The topological polar surface area (TPSA) is 58.1 Å². The van der Waals surface area contributed by atoms with Gasteiger partial charge in [-0.15, -0.1) is 0 Å². The molecule has 0 radical (unpaired) electrons. The largest absolute Gasteiger partial charge is 0.382 e. The average Bonchev–Trinajstić information content (AvgIpc) is 2.43. The molecule has 0 aromatic heterocycles. The number of ether oxygens (including phenoxy) is 2. The van der Waals surface area contributed by atoms with Crippen LogP contribution in [0.3, 0.4) is 0 Å². The van der Waals surface area contributed by atoms with Crippen LogP contribution >= 0.6 is 0 Å². The quantitative estimate of drug-likeness (QED) is 0.338. The molecule has 0 saturated heterocycles. The number of nitrogens with zero attached hydrogens (tertiary/aromatic N) is 2. The molecule has 0 unspecified atom stereocenters. The third kappa shape index (κ3) is 10.5. The minimum atomic E-state index is 0.552. The van der Waals surface area contributed by atoms with Gasteiger partial charge in [0.25, 0.3) is 0 Å². The van der Waals surface area contributed by atoms with Crippen LogP contribution in [0.25, 0.3) is 0 Å². The van der Waals surface area contributed by atoms with Gasteiger partial charge in [-0.3, -0.25) is 9.89 Å². The summed E-state index contributed by atoms with van der Waals surface area (Å²) in [6.07, 6.45) is 0. The summed E-state index contributed by atoms with van der Waals surface area (Å²) in [6, 6.07) is 1.10. The van der Waals surface area contributed by atoms with Crippen molar-refractivity contribution in [3.8, 4) is 0 Å². The first-order valence-electron chi connectivity index (χ1n) is 7.79. The fraction of sp³-hybridized carbons (Fsp3) is 0.933. The number of methoxy groups -OCH3 is 1. The Labute approximate surface area is 130 Å². The van der Waals surface area contributed by atoms with Crippen LogP contribution in [-0.4, -0.2) is 76.6 Å². The molecule has 6 nitrogen and oxygen atoms in total. The van der Waals surface area contributed by atoms with E-state index in [1.165, 1.54) is 0 Å². The van der Waals surface area contributed by atoms with E-state index < -0.39 is 0 Å². The van der Waals surface area contributed by atoms with Gasteiger partial charge in [-0.25, -0.2) is 0 Å². The third-order valence-corrected chi connectivity index (χ3v) is 3.18. The maximum atomic E-state index is 5.40. The molecule has 2 N–H and O–H groups in total. The molecule has 21 heavy (non-hydrogen) atoms. The Morgan fingerprint density at radius 3 is 2.14 bits per heavy atom. The van der Waals surface area contributed by atoms with E-state index in [9.17, 15) is 0 Å². The van der Waals surface area contributed by atoms with Crippen molar-refractivity contribution >= 4 is 5.96 Å². The standard InChI is InChI=1S/C15H34N4O2/c1-13(2)19(14(3)4)9-7-17-15(16-5)18-8-10-21-12-11-20-6/h13-14H,7-12H2,1-6H3,(H2,16,17,18). The minimum absolute atomic E-state index is 0.552. The van der Waals surface area contributed by atoms with Crippen LogP contribution in [0, 0.1) is 0 Å². The maximum Gasteiger partial charge on any atom is 0.191 e. The van der Waals surface area contributed by atoms with E-state index in [1.807, 2.05) is 0 Å². The molecule has 0 fully saturated rings. The third-order valence-electron chi connectivity index (χ3n) is 3.18. The zero-order chi connectivity index (χ0) is 16.1. The van der Waals surface area contributed by atoms with E-state index in [-0.39, 0.29) is 0 Å². The molecule has 0 saturated carbocycles. The van der Waals surface area contributed by atoms with Gasteiger partial charge in [-0.2, -0.15) is 0 Å². The minimum Gasteiger partial charge on any atom is -0.382 e. The van der Waals surface area contributed by atoms with E-state index in [4.69, 9.17) is 9.47 Å². The maximum absolute atomic E-state index is 5.40. The Bertz CT molecular complexity index is 262. The number of hydrogen-bond donors (Lipinski definition) is 2. The molecule has 0 rings (SSSR count). The summed E-state index contributed by atoms with van der Waals surface area (Å²) in [7, 11) is 3.45. The Hall–Kier alpha value is -0.850.